The van der Waals surface area contributed by atoms with Gasteiger partial charge in [0, 0.05) is 25.7 Å². The smallest absolute Gasteiger partial charge is 0.462 e. The monoisotopic (exact) mass is 1370 g/mol. The molecular formula is C75H138O17P2. The summed E-state index contributed by atoms with van der Waals surface area (Å²) in [4.78, 5) is 72.7. The Morgan fingerprint density at radius 1 is 0.298 bits per heavy atom. The standard InChI is InChI=1S/C75H138O17P2/c1-5-9-13-17-21-25-29-31-32-33-34-35-36-38-41-44-48-52-56-60-73(78)86-66-71(92-75(80)62-58-54-50-46-42-37-30-26-22-18-14-10-6-2)68-90-94(83,84)88-64-69(76)63-87-93(81,82)89-67-70(91-74(79)61-57-53-49-45-40-28-24-20-16-12-8-4)65-85-72(77)59-55-51-47-43-39-27-23-19-15-11-7-3/h21,25-26,30-32,34-35,69-71,76H,5-20,22-24,27-29,33,36-68H2,1-4H3,(H,81,82)(H,83,84)/b25-21-,30-26-,32-31-,35-34-. The Kier molecular flexibility index (Phi) is 66.4. The number of hydrogen-bond acceptors (Lipinski definition) is 15. The summed E-state index contributed by atoms with van der Waals surface area (Å²) in [5, 5.41) is 10.6. The largest absolute Gasteiger partial charge is 0.472 e. The molecule has 0 aromatic rings. The average molecular weight is 1370 g/mol. The van der Waals surface area contributed by atoms with Gasteiger partial charge in [-0.25, -0.2) is 9.13 Å². The zero-order valence-electron chi connectivity index (χ0n) is 59.9. The number of phosphoric acid groups is 2. The Bertz CT molecular complexity index is 1980. The van der Waals surface area contributed by atoms with Crippen LogP contribution in [-0.2, 0) is 65.4 Å². The molecule has 0 aromatic carbocycles. The van der Waals surface area contributed by atoms with Crippen molar-refractivity contribution in [3.05, 3.63) is 48.6 Å². The molecule has 0 amide bonds. The van der Waals surface area contributed by atoms with Gasteiger partial charge in [-0.05, 0) is 89.9 Å². The van der Waals surface area contributed by atoms with Crippen LogP contribution in [0.4, 0.5) is 0 Å². The summed E-state index contributed by atoms with van der Waals surface area (Å²) in [6, 6.07) is 0. The van der Waals surface area contributed by atoms with E-state index in [1.54, 1.807) is 0 Å². The number of allylic oxidation sites excluding steroid dienone is 8. The van der Waals surface area contributed by atoms with E-state index in [2.05, 4.69) is 76.3 Å². The lowest BCUT2D eigenvalue weighted by Gasteiger charge is -2.21. The maximum Gasteiger partial charge on any atom is 0.472 e. The summed E-state index contributed by atoms with van der Waals surface area (Å²) in [6.07, 6.45) is 63.9. The molecule has 0 aliphatic carbocycles. The van der Waals surface area contributed by atoms with E-state index in [9.17, 15) is 43.2 Å². The van der Waals surface area contributed by atoms with E-state index >= 15 is 0 Å². The normalized spacial score (nSPS) is 14.2. The van der Waals surface area contributed by atoms with Crippen LogP contribution in [-0.4, -0.2) is 96.7 Å². The van der Waals surface area contributed by atoms with Crippen LogP contribution in [0.25, 0.3) is 0 Å². The SMILES string of the molecule is CCCCC/C=C\C/C=C\C/C=C\CCCCCCCCC(=O)OCC(COP(=O)(O)OCC(O)COP(=O)(O)OCC(COC(=O)CCCCCCCCCCCCC)OC(=O)CCCCCCCCCCCCC)OC(=O)CCCCCCC/C=C\CCCCCC. The minimum Gasteiger partial charge on any atom is -0.462 e. The summed E-state index contributed by atoms with van der Waals surface area (Å²) in [6.45, 7) is 4.84. The third-order valence-electron chi connectivity index (χ3n) is 16.3. The predicted octanol–water partition coefficient (Wildman–Crippen LogP) is 21.3. The molecule has 5 unspecified atom stereocenters. The minimum absolute atomic E-state index is 0.0866. The number of carbonyl (C=O) groups excluding carboxylic acids is 4. The highest BCUT2D eigenvalue weighted by Crippen LogP contribution is 2.45. The van der Waals surface area contributed by atoms with Gasteiger partial charge in [0.1, 0.15) is 19.3 Å². The fourth-order valence-corrected chi connectivity index (χ4v) is 12.0. The quantitative estimate of drug-likeness (QED) is 0.0169. The molecule has 0 fully saturated rings. The van der Waals surface area contributed by atoms with E-state index < -0.39 is 97.5 Å². The lowest BCUT2D eigenvalue weighted by Crippen LogP contribution is -2.30. The number of esters is 4. The number of aliphatic hydroxyl groups excluding tert-OH is 1. The fourth-order valence-electron chi connectivity index (χ4n) is 10.5. The summed E-state index contributed by atoms with van der Waals surface area (Å²) >= 11 is 0. The summed E-state index contributed by atoms with van der Waals surface area (Å²) in [5.74, 6) is -2.16. The molecule has 5 atom stereocenters. The number of ether oxygens (including phenoxy) is 4. The molecule has 0 aromatic heterocycles. The topological polar surface area (TPSA) is 237 Å². The van der Waals surface area contributed by atoms with E-state index in [4.69, 9.17) is 37.0 Å². The third kappa shape index (κ3) is 67.6. The second-order valence-corrected chi connectivity index (χ2v) is 28.5. The fraction of sp³-hybridized carbons (Fsp3) is 0.840. The van der Waals surface area contributed by atoms with E-state index in [1.807, 2.05) is 0 Å². The van der Waals surface area contributed by atoms with Gasteiger partial charge < -0.3 is 33.8 Å². The molecule has 0 aliphatic rings. The Hall–Kier alpha value is -2.98. The van der Waals surface area contributed by atoms with Gasteiger partial charge in [0.25, 0.3) is 0 Å². The molecule has 0 saturated carbocycles. The molecule has 0 rings (SSSR count). The van der Waals surface area contributed by atoms with Crippen LogP contribution in [0.15, 0.2) is 48.6 Å². The van der Waals surface area contributed by atoms with Gasteiger partial charge in [0.15, 0.2) is 12.2 Å². The molecular weight excluding hydrogens is 1230 g/mol. The first-order valence-corrected chi connectivity index (χ1v) is 40.9. The molecule has 0 spiro atoms. The van der Waals surface area contributed by atoms with Crippen LogP contribution < -0.4 is 0 Å². The van der Waals surface area contributed by atoms with Crippen LogP contribution in [0.5, 0.6) is 0 Å². The van der Waals surface area contributed by atoms with Crippen molar-refractivity contribution in [2.45, 2.75) is 367 Å². The van der Waals surface area contributed by atoms with Crippen molar-refractivity contribution in [1.29, 1.82) is 0 Å². The summed E-state index contributed by atoms with van der Waals surface area (Å²) < 4.78 is 68.3. The zero-order chi connectivity index (χ0) is 69.0. The first kappa shape index (κ1) is 91.0. The van der Waals surface area contributed by atoms with Crippen molar-refractivity contribution in [2.75, 3.05) is 39.6 Å². The third-order valence-corrected chi connectivity index (χ3v) is 18.2. The van der Waals surface area contributed by atoms with Gasteiger partial charge in [-0.15, -0.1) is 0 Å². The number of hydrogen-bond donors (Lipinski definition) is 3. The first-order chi connectivity index (χ1) is 45.7. The average Bonchev–Trinajstić information content (AvgIpc) is 1.73. The van der Waals surface area contributed by atoms with Crippen LogP contribution in [0.1, 0.15) is 349 Å². The molecule has 3 N–H and O–H groups in total. The van der Waals surface area contributed by atoms with Crippen molar-refractivity contribution in [2.24, 2.45) is 0 Å². The van der Waals surface area contributed by atoms with Crippen molar-refractivity contribution in [3.8, 4) is 0 Å². The molecule has 0 radical (unpaired) electrons. The maximum atomic E-state index is 13.1. The number of unbranched alkanes of at least 4 members (excludes halogenated alkanes) is 38. The molecule has 94 heavy (non-hydrogen) atoms. The Morgan fingerprint density at radius 3 is 0.840 bits per heavy atom. The van der Waals surface area contributed by atoms with Crippen LogP contribution in [0, 0.1) is 0 Å². The van der Waals surface area contributed by atoms with E-state index in [1.165, 1.54) is 128 Å². The van der Waals surface area contributed by atoms with Crippen LogP contribution >= 0.6 is 15.6 Å². The number of phosphoric ester groups is 2. The molecule has 0 aliphatic heterocycles. The van der Waals surface area contributed by atoms with E-state index in [0.29, 0.717) is 25.7 Å². The molecule has 0 heterocycles. The highest BCUT2D eigenvalue weighted by molar-refractivity contribution is 7.47. The van der Waals surface area contributed by atoms with Gasteiger partial charge in [0.05, 0.1) is 26.4 Å². The summed E-state index contributed by atoms with van der Waals surface area (Å²) in [7, 11) is -9.92. The molecule has 550 valence electrons. The van der Waals surface area contributed by atoms with Crippen molar-refractivity contribution < 1.29 is 80.2 Å². The highest BCUT2D eigenvalue weighted by Gasteiger charge is 2.30. The van der Waals surface area contributed by atoms with Gasteiger partial charge >= 0.3 is 39.5 Å². The van der Waals surface area contributed by atoms with Gasteiger partial charge in [-0.2, -0.15) is 0 Å². The molecule has 19 heteroatoms. The van der Waals surface area contributed by atoms with Crippen LogP contribution in [0.3, 0.4) is 0 Å². The Balaban J connectivity index is 5.27. The van der Waals surface area contributed by atoms with E-state index in [-0.39, 0.29) is 25.7 Å². The number of rotatable bonds is 72. The molecule has 17 nitrogen and oxygen atoms in total. The molecule has 0 bridgehead atoms. The lowest BCUT2D eigenvalue weighted by atomic mass is 10.1. The van der Waals surface area contributed by atoms with Crippen LogP contribution in [0.2, 0.25) is 0 Å². The Morgan fingerprint density at radius 2 is 0.521 bits per heavy atom. The first-order valence-electron chi connectivity index (χ1n) is 37.9. The number of aliphatic hydroxyl groups is 1. The lowest BCUT2D eigenvalue weighted by molar-refractivity contribution is -0.161. The highest BCUT2D eigenvalue weighted by atomic mass is 31.2. The number of carbonyl (C=O) groups is 4. The van der Waals surface area contributed by atoms with Crippen molar-refractivity contribution in [3.63, 3.8) is 0 Å². The minimum atomic E-state index is -4.97. The van der Waals surface area contributed by atoms with E-state index in [0.717, 1.165) is 141 Å². The van der Waals surface area contributed by atoms with Gasteiger partial charge in [0.2, 0.25) is 0 Å². The van der Waals surface area contributed by atoms with Gasteiger partial charge in [-0.1, -0.05) is 282 Å². The summed E-state index contributed by atoms with van der Waals surface area (Å²) in [5.41, 5.74) is 0. The predicted molar refractivity (Wildman–Crippen MR) is 381 cm³/mol. The van der Waals surface area contributed by atoms with Crippen molar-refractivity contribution in [1.82, 2.24) is 0 Å². The Labute approximate surface area is 572 Å². The van der Waals surface area contributed by atoms with Crippen molar-refractivity contribution >= 4 is 39.5 Å². The molecule has 0 saturated heterocycles. The second kappa shape index (κ2) is 68.5. The second-order valence-electron chi connectivity index (χ2n) is 25.6. The van der Waals surface area contributed by atoms with Gasteiger partial charge in [-0.3, -0.25) is 37.3 Å². The zero-order valence-corrected chi connectivity index (χ0v) is 61.7. The maximum absolute atomic E-state index is 13.1.